The fourth-order valence-corrected chi connectivity index (χ4v) is 11.4. The van der Waals surface area contributed by atoms with Gasteiger partial charge in [0.25, 0.3) is 0 Å². The summed E-state index contributed by atoms with van der Waals surface area (Å²) in [7, 11) is 0. The Morgan fingerprint density at radius 1 is 0.356 bits per heavy atom. The Labute approximate surface area is 347 Å². The number of rotatable bonds is 4. The molecule has 1 spiro atoms. The molecule has 3 nitrogen and oxygen atoms in total. The van der Waals surface area contributed by atoms with Gasteiger partial charge >= 0.3 is 0 Å². The van der Waals surface area contributed by atoms with E-state index < -0.39 is 5.41 Å². The molecule has 0 N–H and O–H groups in total. The number of hydrogen-bond donors (Lipinski definition) is 0. The molecule has 0 saturated heterocycles. The van der Waals surface area contributed by atoms with Crippen LogP contribution in [0.2, 0.25) is 0 Å². The molecule has 0 atom stereocenters. The highest BCUT2D eigenvalue weighted by Gasteiger charge is 2.53. The van der Waals surface area contributed by atoms with Gasteiger partial charge in [0.05, 0.1) is 5.41 Å². The fraction of sp³-hybridized carbons (Fsp3) is 0.0727. The maximum Gasteiger partial charge on any atom is 0.164 e. The lowest BCUT2D eigenvalue weighted by atomic mass is 9.55. The van der Waals surface area contributed by atoms with Gasteiger partial charge in [-0.2, -0.15) is 0 Å². The van der Waals surface area contributed by atoms with Crippen LogP contribution in [0.4, 0.5) is 0 Å². The average molecular weight is 772 g/mol. The summed E-state index contributed by atoms with van der Waals surface area (Å²) in [6.45, 7) is 4.73. The zero-order valence-electron chi connectivity index (χ0n) is 32.6. The number of nitrogens with zero attached hydrogens (tertiary/aromatic N) is 3. The van der Waals surface area contributed by atoms with Crippen molar-refractivity contribution in [3.05, 3.63) is 221 Å². The lowest BCUT2D eigenvalue weighted by molar-refractivity contribution is 0.563. The van der Waals surface area contributed by atoms with E-state index in [2.05, 4.69) is 184 Å². The number of benzene rings is 8. The normalized spacial score (nSPS) is 14.2. The summed E-state index contributed by atoms with van der Waals surface area (Å²) < 4.78 is 2.61. The highest BCUT2D eigenvalue weighted by molar-refractivity contribution is 7.26. The van der Waals surface area contributed by atoms with Crippen molar-refractivity contribution >= 4 is 31.5 Å². The molecular formula is C55H37N3S. The lowest BCUT2D eigenvalue weighted by Gasteiger charge is -2.46. The Morgan fingerprint density at radius 2 is 0.847 bits per heavy atom. The predicted molar refractivity (Wildman–Crippen MR) is 244 cm³/mol. The average Bonchev–Trinajstić information content (AvgIpc) is 3.83. The second-order valence-corrected chi connectivity index (χ2v) is 17.3. The van der Waals surface area contributed by atoms with Crippen LogP contribution in [0.15, 0.2) is 188 Å². The van der Waals surface area contributed by atoms with E-state index in [0.29, 0.717) is 17.5 Å². The van der Waals surface area contributed by atoms with Crippen LogP contribution < -0.4 is 0 Å². The monoisotopic (exact) mass is 771 g/mol. The van der Waals surface area contributed by atoms with Crippen molar-refractivity contribution in [1.82, 2.24) is 15.0 Å². The molecule has 12 rings (SSSR count). The van der Waals surface area contributed by atoms with Crippen LogP contribution in [-0.2, 0) is 10.8 Å². The van der Waals surface area contributed by atoms with Crippen LogP contribution in [0.25, 0.3) is 76.6 Å². The van der Waals surface area contributed by atoms with Gasteiger partial charge in [0.2, 0.25) is 0 Å². The van der Waals surface area contributed by atoms with Crippen molar-refractivity contribution in [3.63, 3.8) is 0 Å². The van der Waals surface area contributed by atoms with Crippen molar-refractivity contribution in [2.75, 3.05) is 0 Å². The highest BCUT2D eigenvalue weighted by atomic mass is 32.1. The molecule has 2 aliphatic carbocycles. The minimum absolute atomic E-state index is 0.165. The van der Waals surface area contributed by atoms with Gasteiger partial charge in [-0.15, -0.1) is 11.3 Å². The van der Waals surface area contributed by atoms with Gasteiger partial charge in [-0.1, -0.05) is 196 Å². The predicted octanol–water partition coefficient (Wildman–Crippen LogP) is 13.9. The third-order valence-electron chi connectivity index (χ3n) is 12.8. The van der Waals surface area contributed by atoms with Crippen LogP contribution >= 0.6 is 11.3 Å². The Bertz CT molecular complexity index is 3260. The summed E-state index contributed by atoms with van der Waals surface area (Å²) in [4.78, 5) is 15.8. The van der Waals surface area contributed by atoms with Crippen molar-refractivity contribution in [2.45, 2.75) is 24.7 Å². The molecule has 0 unspecified atom stereocenters. The van der Waals surface area contributed by atoms with Crippen molar-refractivity contribution in [2.24, 2.45) is 0 Å². The molecular weight excluding hydrogens is 735 g/mol. The molecule has 8 aromatic carbocycles. The summed E-state index contributed by atoms with van der Waals surface area (Å²) in [5, 5.41) is 2.60. The Kier molecular flexibility index (Phi) is 7.36. The summed E-state index contributed by atoms with van der Waals surface area (Å²) in [6, 6.07) is 68.2. The van der Waals surface area contributed by atoms with E-state index in [-0.39, 0.29) is 5.41 Å². The van der Waals surface area contributed by atoms with Gasteiger partial charge in [0, 0.05) is 42.3 Å². The van der Waals surface area contributed by atoms with Crippen molar-refractivity contribution in [1.29, 1.82) is 0 Å². The smallest absolute Gasteiger partial charge is 0.164 e. The van der Waals surface area contributed by atoms with Crippen LogP contribution in [0.3, 0.4) is 0 Å². The SMILES string of the molecule is CC1(C)c2ccccc2C2(c3ccccc3-c3c(-c4nc(-c5ccccc5)nc(-c5ccc(-c6cccc7c6sc6ccccc67)cc5)n4)cccc32)c2ccccc21. The number of hydrogen-bond acceptors (Lipinski definition) is 4. The molecule has 2 heterocycles. The van der Waals surface area contributed by atoms with E-state index >= 15 is 0 Å². The molecule has 59 heavy (non-hydrogen) atoms. The Hall–Kier alpha value is -7.01. The molecule has 10 aromatic rings. The van der Waals surface area contributed by atoms with Crippen LogP contribution in [0.5, 0.6) is 0 Å². The van der Waals surface area contributed by atoms with Gasteiger partial charge in [-0.3, -0.25) is 0 Å². The van der Waals surface area contributed by atoms with E-state index in [4.69, 9.17) is 15.0 Å². The fourth-order valence-electron chi connectivity index (χ4n) is 10.2. The third-order valence-corrected chi connectivity index (χ3v) is 14.1. The minimum atomic E-state index is -0.504. The second kappa shape index (κ2) is 12.7. The van der Waals surface area contributed by atoms with E-state index in [9.17, 15) is 0 Å². The Balaban J connectivity index is 1.06. The third kappa shape index (κ3) is 4.84. The molecule has 2 aromatic heterocycles. The zero-order valence-corrected chi connectivity index (χ0v) is 33.5. The van der Waals surface area contributed by atoms with Gasteiger partial charge < -0.3 is 0 Å². The number of thiophene rings is 1. The summed E-state index contributed by atoms with van der Waals surface area (Å²) in [5.41, 5.74) is 14.9. The summed E-state index contributed by atoms with van der Waals surface area (Å²) in [6.07, 6.45) is 0. The molecule has 0 bridgehead atoms. The van der Waals surface area contributed by atoms with E-state index in [1.165, 1.54) is 75.8 Å². The highest BCUT2D eigenvalue weighted by Crippen LogP contribution is 2.63. The standard InChI is InChI=1S/C55H37N3S/c1-54(2)43-24-9-11-26-45(43)55(46-27-12-10-25-44(46)54)42-23-8-6-19-40(42)49-41(22-15-28-47(49)55)53-57-51(35-16-4-3-5-17-35)56-52(58-53)36-32-30-34(31-33-36)37-20-14-21-39-38-18-7-13-29-48(38)59-50(37)39/h3-33H,1-2H3. The van der Waals surface area contributed by atoms with Gasteiger partial charge in [-0.25, -0.2) is 15.0 Å². The largest absolute Gasteiger partial charge is 0.208 e. The van der Waals surface area contributed by atoms with Gasteiger partial charge in [0.1, 0.15) is 0 Å². The first kappa shape index (κ1) is 34.1. The summed E-state index contributed by atoms with van der Waals surface area (Å²) >= 11 is 1.86. The molecule has 278 valence electrons. The molecule has 0 aliphatic heterocycles. The van der Waals surface area contributed by atoms with Gasteiger partial charge in [-0.05, 0) is 61.7 Å². The number of aromatic nitrogens is 3. The number of fused-ring (bicyclic) bond motifs is 12. The van der Waals surface area contributed by atoms with E-state index in [1.54, 1.807) is 0 Å². The first-order chi connectivity index (χ1) is 29.0. The van der Waals surface area contributed by atoms with Crippen LogP contribution in [-0.4, -0.2) is 15.0 Å². The van der Waals surface area contributed by atoms with Crippen molar-refractivity contribution < 1.29 is 0 Å². The molecule has 0 fully saturated rings. The maximum absolute atomic E-state index is 5.36. The maximum atomic E-state index is 5.36. The van der Waals surface area contributed by atoms with Crippen molar-refractivity contribution in [3.8, 4) is 56.4 Å². The molecule has 0 amide bonds. The molecule has 0 radical (unpaired) electrons. The lowest BCUT2D eigenvalue weighted by Crippen LogP contribution is -2.40. The molecule has 2 aliphatic rings. The minimum Gasteiger partial charge on any atom is -0.208 e. The van der Waals surface area contributed by atoms with E-state index in [0.717, 1.165) is 16.7 Å². The van der Waals surface area contributed by atoms with Crippen LogP contribution in [0, 0.1) is 0 Å². The summed E-state index contributed by atoms with van der Waals surface area (Å²) in [5.74, 6) is 1.96. The quantitative estimate of drug-likeness (QED) is 0.179. The second-order valence-electron chi connectivity index (χ2n) is 16.3. The van der Waals surface area contributed by atoms with E-state index in [1.807, 2.05) is 29.5 Å². The topological polar surface area (TPSA) is 38.7 Å². The van der Waals surface area contributed by atoms with Gasteiger partial charge in [0.15, 0.2) is 17.5 Å². The first-order valence-electron chi connectivity index (χ1n) is 20.3. The molecule has 0 saturated carbocycles. The Morgan fingerprint density at radius 3 is 1.58 bits per heavy atom. The first-order valence-corrected chi connectivity index (χ1v) is 21.1. The van der Waals surface area contributed by atoms with Crippen LogP contribution in [0.1, 0.15) is 47.2 Å². The zero-order chi connectivity index (χ0) is 39.3. The molecule has 4 heteroatoms.